The monoisotopic (exact) mass is 388 g/mol. The Balaban J connectivity index is 2.14. The maximum Gasteiger partial charge on any atom is 0.224 e. The van der Waals surface area contributed by atoms with E-state index in [1.54, 1.807) is 6.20 Å². The van der Waals surface area contributed by atoms with Gasteiger partial charge in [-0.15, -0.1) is 0 Å². The molecule has 2 rings (SSSR count). The first-order valence-corrected chi connectivity index (χ1v) is 7.43. The smallest absolute Gasteiger partial charge is 0.224 e. The van der Waals surface area contributed by atoms with Gasteiger partial charge in [-0.05, 0) is 53.3 Å². The topological polar surface area (TPSA) is 49.8 Å². The molecule has 19 heavy (non-hydrogen) atoms. The fraction of sp³-hybridized carbons (Fsp3) is 0.231. The van der Waals surface area contributed by atoms with Crippen molar-refractivity contribution in [1.82, 2.24) is 9.97 Å². The maximum atomic E-state index is 6.18. The number of nitrogens with zero attached hydrogens (tertiary/aromatic N) is 2. The molecule has 0 bridgehead atoms. The molecule has 0 aliphatic heterocycles. The van der Waals surface area contributed by atoms with Crippen LogP contribution in [0.2, 0.25) is 5.02 Å². The molecule has 1 heterocycles. The highest BCUT2D eigenvalue weighted by Gasteiger charge is 2.03. The minimum atomic E-state index is 0.619. The van der Waals surface area contributed by atoms with Gasteiger partial charge in [0.05, 0.1) is 10.7 Å². The molecule has 0 amide bonds. The molecule has 0 radical (unpaired) electrons. The average molecular weight is 389 g/mol. The molecule has 0 spiro atoms. The van der Waals surface area contributed by atoms with E-state index in [2.05, 4.69) is 50.1 Å². The van der Waals surface area contributed by atoms with Gasteiger partial charge in [0.15, 0.2) is 0 Å². The molecule has 0 saturated heterocycles. The first-order chi connectivity index (χ1) is 9.19. The van der Waals surface area contributed by atoms with Crippen LogP contribution < -0.4 is 10.6 Å². The van der Waals surface area contributed by atoms with E-state index in [4.69, 9.17) is 11.6 Å². The summed E-state index contributed by atoms with van der Waals surface area (Å²) in [4.78, 5) is 8.53. The number of rotatable bonds is 5. The minimum absolute atomic E-state index is 0.619. The second-order valence-corrected chi connectivity index (χ2v) is 5.59. The van der Waals surface area contributed by atoms with E-state index in [1.807, 2.05) is 24.3 Å². The highest BCUT2D eigenvalue weighted by molar-refractivity contribution is 14.1. The third kappa shape index (κ3) is 4.21. The van der Waals surface area contributed by atoms with Crippen LogP contribution in [-0.2, 0) is 0 Å². The van der Waals surface area contributed by atoms with Crippen molar-refractivity contribution in [2.45, 2.75) is 13.3 Å². The van der Waals surface area contributed by atoms with Crippen LogP contribution in [0.1, 0.15) is 13.3 Å². The Labute approximate surface area is 131 Å². The molecule has 0 aliphatic carbocycles. The molecule has 0 atom stereocenters. The fourth-order valence-electron chi connectivity index (χ4n) is 1.48. The summed E-state index contributed by atoms with van der Waals surface area (Å²) in [6.07, 6.45) is 2.75. The third-order valence-electron chi connectivity index (χ3n) is 2.38. The lowest BCUT2D eigenvalue weighted by molar-refractivity contribution is 0.953. The summed E-state index contributed by atoms with van der Waals surface area (Å²) in [6, 6.07) is 7.64. The van der Waals surface area contributed by atoms with Crippen molar-refractivity contribution >= 4 is 51.6 Å². The average Bonchev–Trinajstić information content (AvgIpc) is 2.40. The van der Waals surface area contributed by atoms with Crippen LogP contribution in [-0.4, -0.2) is 16.5 Å². The van der Waals surface area contributed by atoms with Crippen molar-refractivity contribution in [2.75, 3.05) is 17.2 Å². The van der Waals surface area contributed by atoms with E-state index in [0.717, 1.165) is 28.0 Å². The zero-order valence-electron chi connectivity index (χ0n) is 10.5. The largest absolute Gasteiger partial charge is 0.354 e. The molecule has 0 aliphatic rings. The van der Waals surface area contributed by atoms with Gasteiger partial charge in [-0.25, -0.2) is 4.98 Å². The molecule has 6 heteroatoms. The van der Waals surface area contributed by atoms with Crippen molar-refractivity contribution in [1.29, 1.82) is 0 Å². The van der Waals surface area contributed by atoms with Gasteiger partial charge in [0.1, 0.15) is 5.82 Å². The number of nitrogens with one attached hydrogen (secondary N) is 2. The zero-order valence-corrected chi connectivity index (χ0v) is 13.4. The van der Waals surface area contributed by atoms with Gasteiger partial charge in [0, 0.05) is 16.3 Å². The van der Waals surface area contributed by atoms with Crippen LogP contribution >= 0.6 is 34.2 Å². The number of aromatic nitrogens is 2. The standard InChI is InChI=1S/C13H14ClIN4/c1-2-6-16-13-17-7-5-12(19-13)18-11-4-3-9(15)8-10(11)14/h3-5,7-8H,2,6H2,1H3,(H2,16,17,18,19). The SMILES string of the molecule is CCCNc1nccc(Nc2ccc(I)cc2Cl)n1. The Bertz CT molecular complexity index is 562. The van der Waals surface area contributed by atoms with Gasteiger partial charge in [-0.1, -0.05) is 18.5 Å². The molecule has 0 fully saturated rings. The molecule has 1 aromatic carbocycles. The Morgan fingerprint density at radius 1 is 1.32 bits per heavy atom. The third-order valence-corrected chi connectivity index (χ3v) is 3.37. The second kappa shape index (κ2) is 6.91. The maximum absolute atomic E-state index is 6.18. The van der Waals surface area contributed by atoms with E-state index in [0.29, 0.717) is 11.0 Å². The molecule has 1 aromatic heterocycles. The van der Waals surface area contributed by atoms with Gasteiger partial charge in [0.2, 0.25) is 5.95 Å². The first-order valence-electron chi connectivity index (χ1n) is 5.98. The number of benzene rings is 1. The summed E-state index contributed by atoms with van der Waals surface area (Å²) in [7, 11) is 0. The molecule has 4 nitrogen and oxygen atoms in total. The van der Waals surface area contributed by atoms with Crippen LogP contribution in [0.4, 0.5) is 17.5 Å². The predicted molar refractivity (Wildman–Crippen MR) is 88.3 cm³/mol. The lowest BCUT2D eigenvalue weighted by atomic mass is 10.3. The van der Waals surface area contributed by atoms with E-state index in [9.17, 15) is 0 Å². The second-order valence-electron chi connectivity index (χ2n) is 3.94. The van der Waals surface area contributed by atoms with Crippen LogP contribution in [0.15, 0.2) is 30.5 Å². The van der Waals surface area contributed by atoms with Gasteiger partial charge in [0.25, 0.3) is 0 Å². The number of halogens is 2. The molecule has 2 N–H and O–H groups in total. The Morgan fingerprint density at radius 2 is 2.16 bits per heavy atom. The lowest BCUT2D eigenvalue weighted by Crippen LogP contribution is -2.05. The van der Waals surface area contributed by atoms with Crippen molar-refractivity contribution in [3.63, 3.8) is 0 Å². The Hall–Kier alpha value is -1.08. The van der Waals surface area contributed by atoms with E-state index >= 15 is 0 Å². The minimum Gasteiger partial charge on any atom is -0.354 e. The molecule has 100 valence electrons. The first kappa shape index (κ1) is 14.3. The number of hydrogen-bond donors (Lipinski definition) is 2. The van der Waals surface area contributed by atoms with Crippen molar-refractivity contribution in [3.05, 3.63) is 39.1 Å². The quantitative estimate of drug-likeness (QED) is 0.750. The molecule has 2 aromatic rings. The highest BCUT2D eigenvalue weighted by atomic mass is 127. The summed E-state index contributed by atoms with van der Waals surface area (Å²) in [5, 5.41) is 7.01. The van der Waals surface area contributed by atoms with Gasteiger partial charge in [-0.2, -0.15) is 4.98 Å². The van der Waals surface area contributed by atoms with Crippen LogP contribution in [0.3, 0.4) is 0 Å². The molecular weight excluding hydrogens is 375 g/mol. The number of hydrogen-bond acceptors (Lipinski definition) is 4. The zero-order chi connectivity index (χ0) is 13.7. The predicted octanol–water partition coefficient (Wildman–Crippen LogP) is 4.30. The fourth-order valence-corrected chi connectivity index (χ4v) is 2.38. The van der Waals surface area contributed by atoms with Gasteiger partial charge in [-0.3, -0.25) is 0 Å². The van der Waals surface area contributed by atoms with Gasteiger partial charge < -0.3 is 10.6 Å². The van der Waals surface area contributed by atoms with Gasteiger partial charge >= 0.3 is 0 Å². The summed E-state index contributed by atoms with van der Waals surface area (Å²) < 4.78 is 1.10. The lowest BCUT2D eigenvalue weighted by Gasteiger charge is -2.09. The van der Waals surface area contributed by atoms with Crippen molar-refractivity contribution < 1.29 is 0 Å². The van der Waals surface area contributed by atoms with Crippen LogP contribution in [0.5, 0.6) is 0 Å². The van der Waals surface area contributed by atoms with E-state index < -0.39 is 0 Å². The highest BCUT2D eigenvalue weighted by Crippen LogP contribution is 2.26. The summed E-state index contributed by atoms with van der Waals surface area (Å²) in [5.41, 5.74) is 0.835. The molecule has 0 unspecified atom stereocenters. The Kier molecular flexibility index (Phi) is 5.21. The van der Waals surface area contributed by atoms with Crippen molar-refractivity contribution in [3.8, 4) is 0 Å². The summed E-state index contributed by atoms with van der Waals surface area (Å²) in [5.74, 6) is 1.34. The van der Waals surface area contributed by atoms with Crippen molar-refractivity contribution in [2.24, 2.45) is 0 Å². The summed E-state index contributed by atoms with van der Waals surface area (Å²) >= 11 is 8.40. The summed E-state index contributed by atoms with van der Waals surface area (Å²) in [6.45, 7) is 2.95. The molecular formula is C13H14ClIN4. The van der Waals surface area contributed by atoms with Crippen LogP contribution in [0, 0.1) is 3.57 Å². The van der Waals surface area contributed by atoms with E-state index in [1.165, 1.54) is 0 Å². The van der Waals surface area contributed by atoms with Crippen LogP contribution in [0.25, 0.3) is 0 Å². The van der Waals surface area contributed by atoms with E-state index in [-0.39, 0.29) is 0 Å². The normalized spacial score (nSPS) is 10.3. The molecule has 0 saturated carbocycles. The Morgan fingerprint density at radius 3 is 2.89 bits per heavy atom. The number of anilines is 3.